The van der Waals surface area contributed by atoms with Crippen LogP contribution in [0.3, 0.4) is 0 Å². The number of ether oxygens (including phenoxy) is 3. The van der Waals surface area contributed by atoms with Gasteiger partial charge in [-0.15, -0.1) is 0 Å². The Morgan fingerprint density at radius 1 is 1.31 bits per heavy atom. The number of fused-ring (bicyclic) bond motifs is 2. The van der Waals surface area contributed by atoms with Crippen LogP contribution in [0.15, 0.2) is 41.4 Å². The monoisotopic (exact) mass is 418 g/mol. The number of methoxy groups -OCH3 is 1. The number of nitrogens with one attached hydrogen (secondary N) is 1. The fourth-order valence-electron chi connectivity index (χ4n) is 3.50. The molecular weight excluding hydrogens is 396 g/mol. The Balaban J connectivity index is 1.58. The van der Waals surface area contributed by atoms with Crippen LogP contribution in [0.5, 0.6) is 11.5 Å². The number of aliphatic imine (C=N–C) groups is 1. The summed E-state index contributed by atoms with van der Waals surface area (Å²) in [6.07, 6.45) is 0. The summed E-state index contributed by atoms with van der Waals surface area (Å²) in [6, 6.07) is 11.0. The van der Waals surface area contributed by atoms with Crippen LogP contribution in [0, 0.1) is 0 Å². The van der Waals surface area contributed by atoms with Crippen molar-refractivity contribution in [2.75, 3.05) is 29.9 Å². The quantitative estimate of drug-likeness (QED) is 0.769. The van der Waals surface area contributed by atoms with E-state index in [9.17, 15) is 8.42 Å². The summed E-state index contributed by atoms with van der Waals surface area (Å²) in [5.74, 6) is 1.47. The first-order valence-electron chi connectivity index (χ1n) is 9.11. The highest BCUT2D eigenvalue weighted by Crippen LogP contribution is 2.41. The Morgan fingerprint density at radius 2 is 2.14 bits per heavy atom. The number of hydrogen-bond donors (Lipinski definition) is 2. The minimum Gasteiger partial charge on any atom is -0.496 e. The average Bonchev–Trinajstić information content (AvgIpc) is 3.10. The van der Waals surface area contributed by atoms with E-state index in [-0.39, 0.29) is 19.2 Å². The molecule has 1 atom stereocenters. The van der Waals surface area contributed by atoms with E-state index in [4.69, 9.17) is 19.3 Å². The average molecular weight is 418 g/mol. The van der Waals surface area contributed by atoms with Gasteiger partial charge in [-0.2, -0.15) is 8.42 Å². The molecule has 4 rings (SSSR count). The summed E-state index contributed by atoms with van der Waals surface area (Å²) in [6.45, 7) is 2.61. The van der Waals surface area contributed by atoms with Crippen molar-refractivity contribution in [3.8, 4) is 11.5 Å². The predicted octanol–water partition coefficient (Wildman–Crippen LogP) is 2.16. The molecule has 0 saturated carbocycles. The van der Waals surface area contributed by atoms with Gasteiger partial charge in [0.05, 0.1) is 18.4 Å². The molecule has 2 aromatic carbocycles. The smallest absolute Gasteiger partial charge is 0.298 e. The zero-order valence-electron chi connectivity index (χ0n) is 16.1. The van der Waals surface area contributed by atoms with Gasteiger partial charge in [0.2, 0.25) is 0 Å². The van der Waals surface area contributed by atoms with Gasteiger partial charge in [-0.3, -0.25) is 4.31 Å². The Bertz CT molecular complexity index is 1070. The third-order valence-electron chi connectivity index (χ3n) is 4.83. The molecule has 1 unspecified atom stereocenters. The number of hydrogen-bond acceptors (Lipinski definition) is 6. The molecule has 154 valence electrons. The lowest BCUT2D eigenvalue weighted by Crippen LogP contribution is -2.36. The standard InChI is InChI=1S/C19H22N4O5S/c1-3-23(29(20,24)25)13-7-8-14-12(9-13)10-28-19(21-14)22-15-11-27-17-6-4-5-16(26-2)18(15)17/h4-9,15H,3,10-11H2,1-2H3,(H,21,22)(H2,20,24,25). The van der Waals surface area contributed by atoms with Gasteiger partial charge in [0.25, 0.3) is 16.2 Å². The van der Waals surface area contributed by atoms with E-state index in [1.54, 1.807) is 32.2 Å². The number of rotatable bonds is 5. The molecule has 0 amide bonds. The molecule has 0 aliphatic carbocycles. The van der Waals surface area contributed by atoms with E-state index in [1.165, 1.54) is 0 Å². The molecule has 9 nitrogen and oxygen atoms in total. The molecule has 3 N–H and O–H groups in total. The van der Waals surface area contributed by atoms with Crippen molar-refractivity contribution in [3.63, 3.8) is 0 Å². The molecule has 29 heavy (non-hydrogen) atoms. The van der Waals surface area contributed by atoms with Crippen LogP contribution in [-0.2, 0) is 21.6 Å². The Morgan fingerprint density at radius 3 is 2.86 bits per heavy atom. The Labute approximate surface area is 169 Å². The highest BCUT2D eigenvalue weighted by Gasteiger charge is 2.29. The molecule has 2 aromatic rings. The van der Waals surface area contributed by atoms with E-state index >= 15 is 0 Å². The molecule has 0 radical (unpaired) electrons. The van der Waals surface area contributed by atoms with E-state index in [0.29, 0.717) is 18.3 Å². The summed E-state index contributed by atoms with van der Waals surface area (Å²) in [5.41, 5.74) is 2.98. The van der Waals surface area contributed by atoms with E-state index in [0.717, 1.165) is 32.6 Å². The number of amidine groups is 1. The van der Waals surface area contributed by atoms with E-state index in [1.807, 2.05) is 18.2 Å². The normalized spacial score (nSPS) is 18.9. The largest absolute Gasteiger partial charge is 0.496 e. The SMILES string of the molecule is CCN(c1ccc2c(c1)COC(=NC1COc3cccc(OC)c31)N2)S(N)(=O)=O. The second-order valence-corrected chi connectivity index (χ2v) is 8.07. The third kappa shape index (κ3) is 3.68. The van der Waals surface area contributed by atoms with Crippen LogP contribution in [0.4, 0.5) is 11.4 Å². The summed E-state index contributed by atoms with van der Waals surface area (Å²) < 4.78 is 41.5. The summed E-state index contributed by atoms with van der Waals surface area (Å²) >= 11 is 0. The fraction of sp³-hybridized carbons (Fsp3) is 0.316. The minimum absolute atomic E-state index is 0.238. The van der Waals surface area contributed by atoms with Gasteiger partial charge in [0.15, 0.2) is 0 Å². The zero-order chi connectivity index (χ0) is 20.6. The minimum atomic E-state index is -3.83. The second-order valence-electron chi connectivity index (χ2n) is 6.60. The van der Waals surface area contributed by atoms with Gasteiger partial charge in [0, 0.05) is 17.8 Å². The van der Waals surface area contributed by atoms with Crippen LogP contribution in [0.2, 0.25) is 0 Å². The van der Waals surface area contributed by atoms with Crippen LogP contribution in [0.1, 0.15) is 24.1 Å². The van der Waals surface area contributed by atoms with Crippen molar-refractivity contribution in [2.24, 2.45) is 10.1 Å². The molecular formula is C19H22N4O5S. The maximum Gasteiger partial charge on any atom is 0.298 e. The zero-order valence-corrected chi connectivity index (χ0v) is 16.9. The number of nitrogens with two attached hydrogens (primary N) is 1. The first-order valence-corrected chi connectivity index (χ1v) is 10.6. The number of benzene rings is 2. The molecule has 2 aliphatic heterocycles. The summed E-state index contributed by atoms with van der Waals surface area (Å²) in [4.78, 5) is 4.65. The van der Waals surface area contributed by atoms with Gasteiger partial charge in [-0.1, -0.05) is 6.07 Å². The predicted molar refractivity (Wildman–Crippen MR) is 110 cm³/mol. The molecule has 0 bridgehead atoms. The van der Waals surface area contributed by atoms with Gasteiger partial charge < -0.3 is 19.5 Å². The summed E-state index contributed by atoms with van der Waals surface area (Å²) in [7, 11) is -2.22. The Hall–Kier alpha value is -2.98. The van der Waals surface area contributed by atoms with Crippen molar-refractivity contribution in [3.05, 3.63) is 47.5 Å². The molecule has 2 heterocycles. The first-order chi connectivity index (χ1) is 13.9. The van der Waals surface area contributed by atoms with Crippen LogP contribution >= 0.6 is 0 Å². The van der Waals surface area contributed by atoms with E-state index < -0.39 is 10.2 Å². The maximum atomic E-state index is 11.7. The maximum absolute atomic E-state index is 11.7. The van der Waals surface area contributed by atoms with Crippen molar-refractivity contribution in [1.82, 2.24) is 0 Å². The molecule has 10 heteroatoms. The number of anilines is 2. The van der Waals surface area contributed by atoms with Gasteiger partial charge >= 0.3 is 0 Å². The lowest BCUT2D eigenvalue weighted by molar-refractivity contribution is 0.278. The topological polar surface area (TPSA) is 115 Å². The van der Waals surface area contributed by atoms with Crippen molar-refractivity contribution in [2.45, 2.75) is 19.6 Å². The van der Waals surface area contributed by atoms with Crippen LogP contribution in [-0.4, -0.2) is 34.7 Å². The molecule has 0 spiro atoms. The summed E-state index contributed by atoms with van der Waals surface area (Å²) in [5, 5.41) is 8.43. The molecule has 0 fully saturated rings. The van der Waals surface area contributed by atoms with Gasteiger partial charge in [-0.05, 0) is 37.3 Å². The van der Waals surface area contributed by atoms with Crippen LogP contribution in [0.25, 0.3) is 0 Å². The van der Waals surface area contributed by atoms with Crippen LogP contribution < -0.4 is 24.2 Å². The highest BCUT2D eigenvalue weighted by atomic mass is 32.2. The lowest BCUT2D eigenvalue weighted by Gasteiger charge is -2.25. The third-order valence-corrected chi connectivity index (χ3v) is 5.91. The van der Waals surface area contributed by atoms with Gasteiger partial charge in [0.1, 0.15) is 30.8 Å². The first kappa shape index (κ1) is 19.3. The van der Waals surface area contributed by atoms with E-state index in [2.05, 4.69) is 10.3 Å². The molecule has 0 aromatic heterocycles. The van der Waals surface area contributed by atoms with Crippen molar-refractivity contribution in [1.29, 1.82) is 0 Å². The Kier molecular flexibility index (Phi) is 4.97. The fourth-order valence-corrected chi connectivity index (χ4v) is 4.27. The van der Waals surface area contributed by atoms with Crippen molar-refractivity contribution >= 4 is 27.6 Å². The molecule has 2 aliphatic rings. The number of nitrogens with zero attached hydrogens (tertiary/aromatic N) is 2. The van der Waals surface area contributed by atoms with Gasteiger partial charge in [-0.25, -0.2) is 10.1 Å². The van der Waals surface area contributed by atoms with Crippen molar-refractivity contribution < 1.29 is 22.6 Å². The lowest BCUT2D eigenvalue weighted by atomic mass is 10.1. The highest BCUT2D eigenvalue weighted by molar-refractivity contribution is 7.90. The molecule has 0 saturated heterocycles. The second kappa shape index (κ2) is 7.45.